The predicted octanol–water partition coefficient (Wildman–Crippen LogP) is 2.80. The predicted molar refractivity (Wildman–Crippen MR) is 118 cm³/mol. The fraction of sp³-hybridized carbons (Fsp3) is 0.500. The zero-order chi connectivity index (χ0) is 20.9. The van der Waals surface area contributed by atoms with Crippen molar-refractivity contribution in [2.75, 3.05) is 20.1 Å². The molecule has 3 rings (SSSR count). The van der Waals surface area contributed by atoms with Crippen LogP contribution in [0, 0.1) is 13.8 Å². The quantitative estimate of drug-likeness (QED) is 0.538. The molecule has 0 radical (unpaired) electrons. The molecule has 2 aromatic rings. The van der Waals surface area contributed by atoms with Crippen molar-refractivity contribution < 1.29 is 8.42 Å². The first-order chi connectivity index (χ1) is 13.9. The number of thiazole rings is 1. The summed E-state index contributed by atoms with van der Waals surface area (Å²) in [5.41, 5.74) is 1.76. The molecule has 1 fully saturated rings. The Kier molecular flexibility index (Phi) is 7.26. The van der Waals surface area contributed by atoms with Gasteiger partial charge in [-0.3, -0.25) is 4.99 Å². The number of piperidine rings is 1. The fourth-order valence-electron chi connectivity index (χ4n) is 3.45. The highest BCUT2D eigenvalue weighted by atomic mass is 32.2. The molecule has 7 nitrogen and oxygen atoms in total. The fourth-order valence-corrected chi connectivity index (χ4v) is 6.06. The molecule has 0 atom stereocenters. The van der Waals surface area contributed by atoms with Gasteiger partial charge >= 0.3 is 0 Å². The van der Waals surface area contributed by atoms with Crippen LogP contribution in [0.25, 0.3) is 0 Å². The molecule has 1 aliphatic heterocycles. The van der Waals surface area contributed by atoms with E-state index in [9.17, 15) is 8.42 Å². The van der Waals surface area contributed by atoms with Crippen LogP contribution in [0.5, 0.6) is 0 Å². The van der Waals surface area contributed by atoms with E-state index >= 15 is 0 Å². The van der Waals surface area contributed by atoms with Crippen molar-refractivity contribution in [3.05, 3.63) is 45.4 Å². The molecule has 0 bridgehead atoms. The number of sulfonamides is 1. The summed E-state index contributed by atoms with van der Waals surface area (Å²) >= 11 is 1.66. The van der Waals surface area contributed by atoms with Crippen LogP contribution in [-0.2, 0) is 23.1 Å². The average molecular weight is 436 g/mol. The lowest BCUT2D eigenvalue weighted by Gasteiger charge is -2.27. The van der Waals surface area contributed by atoms with Crippen LogP contribution >= 0.6 is 11.3 Å². The normalized spacial score (nSPS) is 16.0. The van der Waals surface area contributed by atoms with Gasteiger partial charge in [-0.1, -0.05) is 24.6 Å². The second-order valence-corrected chi connectivity index (χ2v) is 10.3. The van der Waals surface area contributed by atoms with E-state index in [2.05, 4.69) is 20.6 Å². The lowest BCUT2D eigenvalue weighted by Crippen LogP contribution is -2.38. The smallest absolute Gasteiger partial charge is 0.243 e. The molecule has 2 heterocycles. The van der Waals surface area contributed by atoms with Crippen LogP contribution in [0.4, 0.5) is 0 Å². The second kappa shape index (κ2) is 9.69. The van der Waals surface area contributed by atoms with Gasteiger partial charge in [0.25, 0.3) is 0 Å². The monoisotopic (exact) mass is 435 g/mol. The number of aryl methyl sites for hydroxylation is 2. The van der Waals surface area contributed by atoms with Crippen molar-refractivity contribution >= 4 is 27.3 Å². The third-order valence-corrected chi connectivity index (χ3v) is 8.06. The Morgan fingerprint density at radius 2 is 1.83 bits per heavy atom. The van der Waals surface area contributed by atoms with E-state index in [1.165, 1.54) is 4.88 Å². The zero-order valence-electron chi connectivity index (χ0n) is 17.2. The van der Waals surface area contributed by atoms with Crippen LogP contribution in [0.1, 0.15) is 40.4 Å². The van der Waals surface area contributed by atoms with Gasteiger partial charge in [0.15, 0.2) is 5.96 Å². The summed E-state index contributed by atoms with van der Waals surface area (Å²) in [5, 5.41) is 7.56. The van der Waals surface area contributed by atoms with Crippen molar-refractivity contribution in [3.8, 4) is 0 Å². The summed E-state index contributed by atoms with van der Waals surface area (Å²) < 4.78 is 27.8. The van der Waals surface area contributed by atoms with Crippen molar-refractivity contribution in [1.29, 1.82) is 0 Å². The van der Waals surface area contributed by atoms with Gasteiger partial charge in [-0.25, -0.2) is 13.4 Å². The molecule has 0 saturated carbocycles. The number of guanidine groups is 1. The van der Waals surface area contributed by atoms with Crippen molar-refractivity contribution in [2.45, 2.75) is 51.1 Å². The highest BCUT2D eigenvalue weighted by molar-refractivity contribution is 7.89. The molecule has 0 amide bonds. The van der Waals surface area contributed by atoms with Gasteiger partial charge < -0.3 is 10.6 Å². The molecule has 0 aliphatic carbocycles. The Hall–Kier alpha value is -1.97. The molecule has 1 aromatic carbocycles. The Bertz CT molecular complexity index is 963. The van der Waals surface area contributed by atoms with Crippen LogP contribution in [-0.4, -0.2) is 43.8 Å². The molecule has 1 saturated heterocycles. The maximum Gasteiger partial charge on any atom is 0.243 e. The molecule has 1 aliphatic rings. The van der Waals surface area contributed by atoms with Crippen molar-refractivity contribution in [1.82, 2.24) is 19.9 Å². The number of aliphatic imine (C=N–C) groups is 1. The summed E-state index contributed by atoms with van der Waals surface area (Å²) in [6.07, 6.45) is 2.94. The number of rotatable bonds is 6. The van der Waals surface area contributed by atoms with Gasteiger partial charge in [-0.05, 0) is 38.3 Å². The minimum absolute atomic E-state index is 0.374. The first-order valence-electron chi connectivity index (χ1n) is 9.87. The van der Waals surface area contributed by atoms with Crippen molar-refractivity contribution in [3.63, 3.8) is 0 Å². The first-order valence-corrected chi connectivity index (χ1v) is 12.1. The first kappa shape index (κ1) is 21.7. The van der Waals surface area contributed by atoms with Crippen LogP contribution in [0.2, 0.25) is 0 Å². The Morgan fingerprint density at radius 1 is 1.14 bits per heavy atom. The van der Waals surface area contributed by atoms with Gasteiger partial charge in [0.05, 0.1) is 22.1 Å². The van der Waals surface area contributed by atoms with E-state index < -0.39 is 10.0 Å². The maximum atomic E-state index is 13.1. The van der Waals surface area contributed by atoms with Gasteiger partial charge in [0, 0.05) is 31.6 Å². The third-order valence-electron chi connectivity index (χ3n) is 4.99. The van der Waals surface area contributed by atoms with Crippen LogP contribution in [0.15, 0.2) is 34.2 Å². The molecular formula is C20H29N5O2S2. The second-order valence-electron chi connectivity index (χ2n) is 7.09. The molecule has 158 valence electrons. The van der Waals surface area contributed by atoms with E-state index in [1.807, 2.05) is 26.0 Å². The number of hydrogen-bond acceptors (Lipinski definition) is 5. The Morgan fingerprint density at radius 3 is 2.48 bits per heavy atom. The van der Waals surface area contributed by atoms with E-state index in [1.54, 1.807) is 34.8 Å². The van der Waals surface area contributed by atoms with Gasteiger partial charge in [0.1, 0.15) is 0 Å². The van der Waals surface area contributed by atoms with Gasteiger partial charge in [-0.2, -0.15) is 4.31 Å². The largest absolute Gasteiger partial charge is 0.352 e. The maximum absolute atomic E-state index is 13.1. The number of benzene rings is 1. The molecule has 29 heavy (non-hydrogen) atoms. The number of hydrogen-bond donors (Lipinski definition) is 2. The minimum Gasteiger partial charge on any atom is -0.352 e. The molecule has 0 spiro atoms. The van der Waals surface area contributed by atoms with Crippen LogP contribution in [0.3, 0.4) is 0 Å². The number of aromatic nitrogens is 1. The van der Waals surface area contributed by atoms with Crippen molar-refractivity contribution in [2.24, 2.45) is 4.99 Å². The summed E-state index contributed by atoms with van der Waals surface area (Å²) in [5.74, 6) is 0.626. The zero-order valence-corrected chi connectivity index (χ0v) is 18.9. The SMILES string of the molecule is CN=C(NCc1ccccc1S(=O)(=O)N1CCCCC1)NCc1sc(C)nc1C. The minimum atomic E-state index is -3.48. The lowest BCUT2D eigenvalue weighted by atomic mass is 10.2. The Balaban J connectivity index is 1.67. The van der Waals surface area contributed by atoms with E-state index in [-0.39, 0.29) is 0 Å². The van der Waals surface area contributed by atoms with Crippen LogP contribution < -0.4 is 10.6 Å². The average Bonchev–Trinajstić information content (AvgIpc) is 3.06. The summed E-state index contributed by atoms with van der Waals surface area (Å²) in [4.78, 5) is 10.2. The highest BCUT2D eigenvalue weighted by Gasteiger charge is 2.27. The van der Waals surface area contributed by atoms with E-state index in [4.69, 9.17) is 0 Å². The van der Waals surface area contributed by atoms with Gasteiger partial charge in [0.2, 0.25) is 10.0 Å². The molecule has 0 unspecified atom stereocenters. The lowest BCUT2D eigenvalue weighted by molar-refractivity contribution is 0.346. The standard InChI is InChI=1S/C20H29N5O2S2/c1-15-18(28-16(2)24-15)14-23-20(21-3)22-13-17-9-5-6-10-19(17)29(26,27)25-11-7-4-8-12-25/h5-6,9-10H,4,7-8,11-14H2,1-3H3,(H2,21,22,23). The van der Waals surface area contributed by atoms with Gasteiger partial charge in [-0.15, -0.1) is 11.3 Å². The van der Waals surface area contributed by atoms with E-state index in [0.29, 0.717) is 37.0 Å². The molecular weight excluding hydrogens is 406 g/mol. The number of nitrogens with zero attached hydrogens (tertiary/aromatic N) is 3. The summed E-state index contributed by atoms with van der Waals surface area (Å²) in [6, 6.07) is 7.20. The number of nitrogens with one attached hydrogen (secondary N) is 2. The molecule has 2 N–H and O–H groups in total. The van der Waals surface area contributed by atoms with E-state index in [0.717, 1.165) is 35.5 Å². The topological polar surface area (TPSA) is 86.7 Å². The highest BCUT2D eigenvalue weighted by Crippen LogP contribution is 2.23. The summed E-state index contributed by atoms with van der Waals surface area (Å²) in [6.45, 7) is 6.20. The summed E-state index contributed by atoms with van der Waals surface area (Å²) in [7, 11) is -1.77. The Labute approximate surface area is 177 Å². The third kappa shape index (κ3) is 5.34. The molecule has 9 heteroatoms. The molecule has 1 aromatic heterocycles.